The number of fused-ring (bicyclic) bond motifs is 2. The zero-order valence-electron chi connectivity index (χ0n) is 16.6. The predicted molar refractivity (Wildman–Crippen MR) is 109 cm³/mol. The molecule has 2 unspecified atom stereocenters. The third-order valence-corrected chi connectivity index (χ3v) is 10.9. The molecule has 0 N–H and O–H groups in total. The van der Waals surface area contributed by atoms with Gasteiger partial charge in [0.2, 0.25) is 0 Å². The van der Waals surface area contributed by atoms with Crippen LogP contribution in [0.1, 0.15) is 68.0 Å². The van der Waals surface area contributed by atoms with Crippen molar-refractivity contribution in [2.24, 2.45) is 11.8 Å². The minimum atomic E-state index is -0.639. The van der Waals surface area contributed by atoms with Gasteiger partial charge in [-0.15, -0.1) is 0 Å². The second kappa shape index (κ2) is 8.86. The zero-order valence-corrected chi connectivity index (χ0v) is 20.6. The molecule has 2 atom stereocenters. The van der Waals surface area contributed by atoms with Gasteiger partial charge in [0.25, 0.3) is 0 Å². The standard InChI is InChI=1S/2C13H13.2ClH.Zr/c2*1-2-4-13-11(3-1)7-8-12(13)9-10-5-6-10;;;/h2*1-4,7-8,10H,5-6,9H2;2*1H;/q;;;;+2/p-2. The summed E-state index contributed by atoms with van der Waals surface area (Å²) in [7, 11) is 0. The summed E-state index contributed by atoms with van der Waals surface area (Å²) in [4.78, 5) is 0. The van der Waals surface area contributed by atoms with Crippen molar-refractivity contribution >= 4 is 11.1 Å². The molecule has 4 aliphatic carbocycles. The monoisotopic (exact) mass is 498 g/mol. The van der Waals surface area contributed by atoms with Crippen molar-refractivity contribution in [1.29, 1.82) is 0 Å². The van der Waals surface area contributed by atoms with E-state index < -0.39 is 23.2 Å². The topological polar surface area (TPSA) is 0 Å². The van der Waals surface area contributed by atoms with E-state index in [-0.39, 0.29) is 24.8 Å². The number of allylic oxidation sites excluding steroid dienone is 4. The smallest absolute Gasteiger partial charge is 1.00 e. The summed E-state index contributed by atoms with van der Waals surface area (Å²) in [6, 6.07) is 18.6. The van der Waals surface area contributed by atoms with Crippen molar-refractivity contribution in [3.63, 3.8) is 0 Å². The molecule has 0 heterocycles. The molecule has 2 aromatic carbocycles. The summed E-state index contributed by atoms with van der Waals surface area (Å²) in [6.07, 6.45) is 13.9. The van der Waals surface area contributed by atoms with Crippen LogP contribution in [0, 0.1) is 11.8 Å². The molecular weight excluding hydrogens is 474 g/mol. The van der Waals surface area contributed by atoms with Crippen LogP contribution in [0.25, 0.3) is 11.1 Å². The Morgan fingerprint density at radius 2 is 1.03 bits per heavy atom. The van der Waals surface area contributed by atoms with Gasteiger partial charge in [-0.1, -0.05) is 0 Å². The molecule has 0 nitrogen and oxygen atoms in total. The average molecular weight is 501 g/mol. The van der Waals surface area contributed by atoms with Gasteiger partial charge in [-0.25, -0.2) is 0 Å². The maximum absolute atomic E-state index is 2.70. The van der Waals surface area contributed by atoms with Crippen molar-refractivity contribution in [3.05, 3.63) is 82.9 Å². The fourth-order valence-electron chi connectivity index (χ4n) is 4.97. The summed E-state index contributed by atoms with van der Waals surface area (Å²) < 4.78 is 1.52. The molecule has 0 spiro atoms. The summed E-state index contributed by atoms with van der Waals surface area (Å²) in [5.74, 6) is 1.96. The number of hydrogen-bond donors (Lipinski definition) is 0. The second-order valence-electron chi connectivity index (χ2n) is 8.98. The van der Waals surface area contributed by atoms with Gasteiger partial charge in [0.1, 0.15) is 0 Å². The van der Waals surface area contributed by atoms with Crippen LogP contribution in [0.2, 0.25) is 0 Å². The quantitative estimate of drug-likeness (QED) is 0.555. The van der Waals surface area contributed by atoms with Crippen molar-refractivity contribution < 1.29 is 48.0 Å². The van der Waals surface area contributed by atoms with Gasteiger partial charge in [-0.3, -0.25) is 0 Å². The normalized spacial score (nSPS) is 23.7. The predicted octanol–water partition coefficient (Wildman–Crippen LogP) is 0.954. The van der Waals surface area contributed by atoms with Crippen molar-refractivity contribution in [1.82, 2.24) is 0 Å². The Morgan fingerprint density at radius 3 is 1.45 bits per heavy atom. The van der Waals surface area contributed by atoms with Gasteiger partial charge in [-0.05, 0) is 0 Å². The number of benzene rings is 2. The zero-order chi connectivity index (χ0) is 17.8. The average Bonchev–Trinajstić information content (AvgIpc) is 3.61. The third-order valence-electron chi connectivity index (χ3n) is 6.79. The van der Waals surface area contributed by atoms with E-state index in [1.165, 1.54) is 38.5 Å². The first-order chi connectivity index (χ1) is 13.3. The van der Waals surface area contributed by atoms with Gasteiger partial charge in [0.05, 0.1) is 0 Å². The summed E-state index contributed by atoms with van der Waals surface area (Å²) in [5, 5.41) is 0. The van der Waals surface area contributed by atoms with Gasteiger partial charge in [0.15, 0.2) is 0 Å². The molecule has 0 bridgehead atoms. The van der Waals surface area contributed by atoms with Crippen LogP contribution in [-0.4, -0.2) is 0 Å². The Bertz CT molecular complexity index is 875. The molecule has 2 aromatic rings. The van der Waals surface area contributed by atoms with Crippen LogP contribution in [0.4, 0.5) is 0 Å². The molecule has 0 radical (unpaired) electrons. The first-order valence-corrected chi connectivity index (χ1v) is 13.5. The van der Waals surface area contributed by atoms with Gasteiger partial charge in [-0.2, -0.15) is 0 Å². The van der Waals surface area contributed by atoms with E-state index >= 15 is 0 Å². The van der Waals surface area contributed by atoms with E-state index in [0.717, 1.165) is 19.1 Å². The number of halogens is 2. The van der Waals surface area contributed by atoms with E-state index in [4.69, 9.17) is 0 Å². The van der Waals surface area contributed by atoms with Crippen LogP contribution in [0.15, 0.2) is 60.7 Å². The molecule has 2 saturated carbocycles. The molecule has 0 saturated heterocycles. The first kappa shape index (κ1) is 21.6. The minimum absolute atomic E-state index is 0. The van der Waals surface area contributed by atoms with E-state index in [9.17, 15) is 0 Å². The molecule has 4 aliphatic rings. The number of hydrogen-bond acceptors (Lipinski definition) is 0. The van der Waals surface area contributed by atoms with Crippen LogP contribution in [0.5, 0.6) is 0 Å². The van der Waals surface area contributed by atoms with E-state index in [2.05, 4.69) is 60.7 Å². The number of rotatable bonds is 6. The Hall–Kier alpha value is -0.617. The molecular formula is C26H26Cl2Zr. The molecule has 148 valence electrons. The maximum atomic E-state index is 2.70. The fraction of sp³-hybridized carbons (Fsp3) is 0.385. The molecule has 2 fully saturated rings. The van der Waals surface area contributed by atoms with Crippen molar-refractivity contribution in [3.8, 4) is 0 Å². The molecule has 3 heteroatoms. The van der Waals surface area contributed by atoms with Crippen LogP contribution in [-0.2, 0) is 23.2 Å². The largest absolute Gasteiger partial charge is 1.00 e. The second-order valence-corrected chi connectivity index (χ2v) is 12.9. The Kier molecular flexibility index (Phi) is 6.60. The molecule has 0 amide bonds. The first-order valence-electron chi connectivity index (χ1n) is 10.7. The molecule has 29 heavy (non-hydrogen) atoms. The van der Waals surface area contributed by atoms with E-state index in [1.54, 1.807) is 33.4 Å². The third kappa shape index (κ3) is 4.39. The van der Waals surface area contributed by atoms with Gasteiger partial charge >= 0.3 is 175 Å². The molecule has 6 rings (SSSR count). The SMILES string of the molecule is C1=C(CC2CC2)c2ccccc2[CH]1[Zr+2][CH]1C=C(CC2CC2)c2ccccc21.[Cl-].[Cl-]. The van der Waals surface area contributed by atoms with E-state index in [1.807, 2.05) is 0 Å². The summed E-state index contributed by atoms with van der Waals surface area (Å²) in [5.41, 5.74) is 9.83. The maximum Gasteiger partial charge on any atom is -1.00 e. The van der Waals surface area contributed by atoms with Gasteiger partial charge in [0, 0.05) is 0 Å². The van der Waals surface area contributed by atoms with Gasteiger partial charge < -0.3 is 24.8 Å². The van der Waals surface area contributed by atoms with Crippen molar-refractivity contribution in [2.75, 3.05) is 0 Å². The van der Waals surface area contributed by atoms with Crippen molar-refractivity contribution in [2.45, 2.75) is 45.8 Å². The fourth-order valence-corrected chi connectivity index (χ4v) is 9.51. The van der Waals surface area contributed by atoms with Crippen LogP contribution in [0.3, 0.4) is 0 Å². The summed E-state index contributed by atoms with van der Waals surface area (Å²) in [6.45, 7) is 0. The summed E-state index contributed by atoms with van der Waals surface area (Å²) >= 11 is -0.639. The van der Waals surface area contributed by atoms with Crippen LogP contribution < -0.4 is 24.8 Å². The molecule has 0 aliphatic heterocycles. The van der Waals surface area contributed by atoms with Crippen LogP contribution >= 0.6 is 0 Å². The Morgan fingerprint density at radius 1 is 0.621 bits per heavy atom. The van der Waals surface area contributed by atoms with E-state index in [0.29, 0.717) is 0 Å². The Labute approximate surface area is 198 Å². The molecule has 0 aromatic heterocycles. The minimum Gasteiger partial charge on any atom is -1.00 e. The Balaban J connectivity index is 0.00000102.